The SMILES string of the molecule is CN(C)S(=O)(=O)c1ccc(/C(O)=C2\C(=O)C(=O)N(CCN3CCCCC3)C2c2ccccc2F)cc1. The number of aliphatic hydroxyl groups is 1. The number of hydrogen-bond donors (Lipinski definition) is 1. The molecular formula is C26H30FN3O5S. The van der Waals surface area contributed by atoms with Crippen LogP contribution in [0.2, 0.25) is 0 Å². The van der Waals surface area contributed by atoms with E-state index in [0.29, 0.717) is 6.54 Å². The molecule has 2 aromatic rings. The van der Waals surface area contributed by atoms with Crippen LogP contribution in [0.15, 0.2) is 59.0 Å². The highest BCUT2D eigenvalue weighted by Gasteiger charge is 2.46. The zero-order chi connectivity index (χ0) is 26.0. The summed E-state index contributed by atoms with van der Waals surface area (Å²) in [7, 11) is -0.881. The Balaban J connectivity index is 1.74. The number of benzene rings is 2. The molecule has 0 radical (unpaired) electrons. The second-order valence-electron chi connectivity index (χ2n) is 9.23. The van der Waals surface area contributed by atoms with Gasteiger partial charge in [-0.25, -0.2) is 17.1 Å². The van der Waals surface area contributed by atoms with Crippen LogP contribution in [0.4, 0.5) is 4.39 Å². The fourth-order valence-corrected chi connectivity index (χ4v) is 5.62. The number of rotatable bonds is 7. The first-order valence-corrected chi connectivity index (χ1v) is 13.3. The summed E-state index contributed by atoms with van der Waals surface area (Å²) >= 11 is 0. The van der Waals surface area contributed by atoms with Crippen molar-refractivity contribution in [3.8, 4) is 0 Å². The Kier molecular flexibility index (Phi) is 7.58. The lowest BCUT2D eigenvalue weighted by atomic mass is 9.95. The summed E-state index contributed by atoms with van der Waals surface area (Å²) in [6, 6.07) is 10.1. The third-order valence-electron chi connectivity index (χ3n) is 6.75. The van der Waals surface area contributed by atoms with E-state index in [4.69, 9.17) is 0 Å². The van der Waals surface area contributed by atoms with Crippen LogP contribution in [-0.4, -0.2) is 79.6 Å². The summed E-state index contributed by atoms with van der Waals surface area (Å²) in [5.74, 6) is -2.76. The smallest absolute Gasteiger partial charge is 0.295 e. The minimum absolute atomic E-state index is 0.0108. The Hall–Kier alpha value is -3.08. The molecule has 1 atom stereocenters. The number of piperidine rings is 1. The van der Waals surface area contributed by atoms with Gasteiger partial charge in [-0.2, -0.15) is 0 Å². The second kappa shape index (κ2) is 10.5. The van der Waals surface area contributed by atoms with Crippen LogP contribution in [-0.2, 0) is 19.6 Å². The standard InChI is InChI=1S/C26H30FN3O5S/c1-28(2)36(34,35)19-12-10-18(11-13-19)24(31)22-23(20-8-4-5-9-21(20)27)30(26(33)25(22)32)17-16-29-14-6-3-7-15-29/h4-5,8-13,23,31H,3,6-7,14-17H2,1-2H3/b24-22+. The van der Waals surface area contributed by atoms with Gasteiger partial charge in [-0.15, -0.1) is 0 Å². The normalized spacial score (nSPS) is 20.9. The molecule has 4 rings (SSSR count). The molecule has 2 saturated heterocycles. The highest BCUT2D eigenvalue weighted by atomic mass is 32.2. The van der Waals surface area contributed by atoms with E-state index in [0.717, 1.165) is 36.7 Å². The fraction of sp³-hybridized carbons (Fsp3) is 0.385. The van der Waals surface area contributed by atoms with Crippen molar-refractivity contribution in [3.63, 3.8) is 0 Å². The molecule has 0 bridgehead atoms. The molecule has 2 aliphatic heterocycles. The minimum atomic E-state index is -3.69. The van der Waals surface area contributed by atoms with Crippen molar-refractivity contribution in [1.82, 2.24) is 14.1 Å². The molecule has 2 aliphatic rings. The number of hydrogen-bond acceptors (Lipinski definition) is 6. The number of likely N-dealkylation sites (tertiary alicyclic amines) is 2. The van der Waals surface area contributed by atoms with Crippen molar-refractivity contribution in [1.29, 1.82) is 0 Å². The highest BCUT2D eigenvalue weighted by molar-refractivity contribution is 7.89. The van der Waals surface area contributed by atoms with E-state index in [1.54, 1.807) is 6.07 Å². The van der Waals surface area contributed by atoms with E-state index in [-0.39, 0.29) is 28.1 Å². The third-order valence-corrected chi connectivity index (χ3v) is 8.58. The van der Waals surface area contributed by atoms with Crippen molar-refractivity contribution >= 4 is 27.5 Å². The van der Waals surface area contributed by atoms with Gasteiger partial charge in [0.15, 0.2) is 0 Å². The van der Waals surface area contributed by atoms with Gasteiger partial charge in [-0.3, -0.25) is 9.59 Å². The van der Waals surface area contributed by atoms with Crippen molar-refractivity contribution in [2.24, 2.45) is 0 Å². The first-order valence-electron chi connectivity index (χ1n) is 11.9. The van der Waals surface area contributed by atoms with E-state index in [2.05, 4.69) is 4.90 Å². The zero-order valence-electron chi connectivity index (χ0n) is 20.4. The monoisotopic (exact) mass is 515 g/mol. The molecule has 8 nitrogen and oxygen atoms in total. The zero-order valence-corrected chi connectivity index (χ0v) is 21.2. The lowest BCUT2D eigenvalue weighted by molar-refractivity contribution is -0.140. The van der Waals surface area contributed by atoms with E-state index >= 15 is 0 Å². The quantitative estimate of drug-likeness (QED) is 0.346. The fourth-order valence-electron chi connectivity index (χ4n) is 4.71. The van der Waals surface area contributed by atoms with Gasteiger partial charge in [0.1, 0.15) is 11.6 Å². The van der Waals surface area contributed by atoms with Gasteiger partial charge < -0.3 is 14.9 Å². The number of amides is 1. The molecule has 1 N–H and O–H groups in total. The summed E-state index contributed by atoms with van der Waals surface area (Å²) in [6.45, 7) is 2.54. The molecule has 2 fully saturated rings. The van der Waals surface area contributed by atoms with Gasteiger partial charge in [-0.05, 0) is 56.3 Å². The molecule has 1 amide bonds. The molecule has 2 aromatic carbocycles. The van der Waals surface area contributed by atoms with Gasteiger partial charge in [0.2, 0.25) is 10.0 Å². The Morgan fingerprint density at radius 3 is 2.25 bits per heavy atom. The number of aliphatic hydroxyl groups excluding tert-OH is 1. The molecular weight excluding hydrogens is 485 g/mol. The summed E-state index contributed by atoms with van der Waals surface area (Å²) in [5.41, 5.74) is 0.0544. The topological polar surface area (TPSA) is 98.2 Å². The second-order valence-corrected chi connectivity index (χ2v) is 11.4. The van der Waals surface area contributed by atoms with Gasteiger partial charge in [0.05, 0.1) is 16.5 Å². The third kappa shape index (κ3) is 4.93. The number of carbonyl (C=O) groups excluding carboxylic acids is 2. The van der Waals surface area contributed by atoms with Crippen molar-refractivity contribution in [3.05, 3.63) is 71.0 Å². The maximum Gasteiger partial charge on any atom is 0.295 e. The number of nitrogens with zero attached hydrogens (tertiary/aromatic N) is 3. The van der Waals surface area contributed by atoms with Crippen molar-refractivity contribution in [2.75, 3.05) is 40.3 Å². The number of halogens is 1. The number of carbonyl (C=O) groups is 2. The van der Waals surface area contributed by atoms with Crippen LogP contribution in [0.5, 0.6) is 0 Å². The predicted octanol–water partition coefficient (Wildman–Crippen LogP) is 2.98. The Labute approximate surface area is 210 Å². The molecule has 0 spiro atoms. The Bertz CT molecular complexity index is 1280. The van der Waals surface area contributed by atoms with E-state index < -0.39 is 39.3 Å². The molecule has 192 valence electrons. The van der Waals surface area contributed by atoms with Crippen LogP contribution < -0.4 is 0 Å². The minimum Gasteiger partial charge on any atom is -0.507 e. The molecule has 0 aromatic heterocycles. The van der Waals surface area contributed by atoms with Crippen LogP contribution >= 0.6 is 0 Å². The Morgan fingerprint density at radius 2 is 1.64 bits per heavy atom. The van der Waals surface area contributed by atoms with Crippen LogP contribution in [0.1, 0.15) is 36.4 Å². The Morgan fingerprint density at radius 1 is 1.00 bits per heavy atom. The number of ketones is 1. The average molecular weight is 516 g/mol. The summed E-state index contributed by atoms with van der Waals surface area (Å²) in [4.78, 5) is 29.8. The van der Waals surface area contributed by atoms with Crippen molar-refractivity contribution < 1.29 is 27.5 Å². The molecule has 36 heavy (non-hydrogen) atoms. The van der Waals surface area contributed by atoms with Crippen molar-refractivity contribution in [2.45, 2.75) is 30.2 Å². The molecule has 2 heterocycles. The van der Waals surface area contributed by atoms with Gasteiger partial charge >= 0.3 is 0 Å². The van der Waals surface area contributed by atoms with E-state index in [9.17, 15) is 27.5 Å². The van der Waals surface area contributed by atoms with E-state index in [1.807, 2.05) is 0 Å². The number of Topliss-reactive ketones (excluding diaryl/α,β-unsaturated/α-hetero) is 1. The highest BCUT2D eigenvalue weighted by Crippen LogP contribution is 2.40. The first-order chi connectivity index (χ1) is 17.1. The lowest BCUT2D eigenvalue weighted by Gasteiger charge is -2.31. The molecule has 1 unspecified atom stereocenters. The summed E-state index contributed by atoms with van der Waals surface area (Å²) < 4.78 is 40.8. The van der Waals surface area contributed by atoms with Gasteiger partial charge in [0, 0.05) is 38.3 Å². The largest absolute Gasteiger partial charge is 0.507 e. The molecule has 0 aliphatic carbocycles. The van der Waals surface area contributed by atoms with Gasteiger partial charge in [0.25, 0.3) is 11.7 Å². The molecule has 0 saturated carbocycles. The maximum atomic E-state index is 14.9. The van der Waals surface area contributed by atoms with Crippen LogP contribution in [0.3, 0.4) is 0 Å². The lowest BCUT2D eigenvalue weighted by Crippen LogP contribution is -2.40. The summed E-state index contributed by atoms with van der Waals surface area (Å²) in [6.07, 6.45) is 3.29. The molecule has 10 heteroatoms. The van der Waals surface area contributed by atoms with E-state index in [1.165, 1.54) is 61.5 Å². The maximum absolute atomic E-state index is 14.9. The predicted molar refractivity (Wildman–Crippen MR) is 133 cm³/mol. The van der Waals surface area contributed by atoms with Crippen LogP contribution in [0, 0.1) is 5.82 Å². The van der Waals surface area contributed by atoms with Gasteiger partial charge in [-0.1, -0.05) is 24.6 Å². The van der Waals surface area contributed by atoms with Crippen LogP contribution in [0.25, 0.3) is 5.76 Å². The first kappa shape index (κ1) is 26.0. The number of sulfonamides is 1. The average Bonchev–Trinajstić information content (AvgIpc) is 3.12. The summed E-state index contributed by atoms with van der Waals surface area (Å²) in [5, 5.41) is 11.2.